The highest BCUT2D eigenvalue weighted by Crippen LogP contribution is 2.16. The van der Waals surface area contributed by atoms with Gasteiger partial charge in [-0.15, -0.1) is 0 Å². The van der Waals surface area contributed by atoms with E-state index in [0.29, 0.717) is 22.0 Å². The molecule has 0 saturated carbocycles. The van der Waals surface area contributed by atoms with Crippen molar-refractivity contribution in [2.75, 3.05) is 0 Å². The summed E-state index contributed by atoms with van der Waals surface area (Å²) in [4.78, 5) is 14.7. The van der Waals surface area contributed by atoms with Crippen LogP contribution in [0.4, 0.5) is 4.39 Å². The molecule has 0 aliphatic carbocycles. The Bertz CT molecular complexity index is 575. The molecule has 0 bridgehead atoms. The monoisotopic (exact) mass is 206 g/mol. The van der Waals surface area contributed by atoms with Gasteiger partial charge in [-0.1, -0.05) is 0 Å². The fraction of sp³-hybridized carbons (Fsp3) is 0.182. The second-order valence-electron chi connectivity index (χ2n) is 3.44. The van der Waals surface area contributed by atoms with Crippen molar-refractivity contribution >= 4 is 10.9 Å². The summed E-state index contributed by atoms with van der Waals surface area (Å²) in [6.45, 7) is 1.82. The van der Waals surface area contributed by atoms with Crippen LogP contribution in [0.15, 0.2) is 23.1 Å². The van der Waals surface area contributed by atoms with Crippen molar-refractivity contribution in [2.45, 2.75) is 13.5 Å². The number of benzene rings is 1. The van der Waals surface area contributed by atoms with Crippen LogP contribution >= 0.6 is 0 Å². The molecule has 1 aromatic carbocycles. The lowest BCUT2D eigenvalue weighted by molar-refractivity contribution is 0.620. The fourth-order valence-electron chi connectivity index (χ4n) is 1.61. The number of nitrogens with two attached hydrogens (primary N) is 1. The number of aromatic amines is 1. The Labute approximate surface area is 85.7 Å². The highest BCUT2D eigenvalue weighted by atomic mass is 19.1. The smallest absolute Gasteiger partial charge is 0.193 e. The van der Waals surface area contributed by atoms with Crippen molar-refractivity contribution in [3.63, 3.8) is 0 Å². The predicted octanol–water partition coefficient (Wildman–Crippen LogP) is 1.43. The largest absolute Gasteiger partial charge is 0.360 e. The average molecular weight is 206 g/mol. The van der Waals surface area contributed by atoms with Gasteiger partial charge in [-0.3, -0.25) is 4.79 Å². The maximum absolute atomic E-state index is 13.2. The Balaban J connectivity index is 2.92. The SMILES string of the molecule is Cc1c(F)ccc2c(=O)c(CN)c[nH]c12. The normalized spacial score (nSPS) is 10.9. The van der Waals surface area contributed by atoms with E-state index in [2.05, 4.69) is 4.98 Å². The van der Waals surface area contributed by atoms with E-state index in [9.17, 15) is 9.18 Å². The van der Waals surface area contributed by atoms with Gasteiger partial charge in [-0.2, -0.15) is 0 Å². The number of hydrogen-bond acceptors (Lipinski definition) is 2. The van der Waals surface area contributed by atoms with Crippen molar-refractivity contribution < 1.29 is 4.39 Å². The van der Waals surface area contributed by atoms with Crippen LogP contribution in [0.3, 0.4) is 0 Å². The fourth-order valence-corrected chi connectivity index (χ4v) is 1.61. The van der Waals surface area contributed by atoms with Crippen molar-refractivity contribution in [2.24, 2.45) is 5.73 Å². The molecule has 0 spiro atoms. The summed E-state index contributed by atoms with van der Waals surface area (Å²) in [5.74, 6) is -0.321. The zero-order chi connectivity index (χ0) is 11.0. The van der Waals surface area contributed by atoms with Crippen LogP contribution in [-0.4, -0.2) is 4.98 Å². The number of rotatable bonds is 1. The van der Waals surface area contributed by atoms with Gasteiger partial charge in [0.15, 0.2) is 5.43 Å². The Kier molecular flexibility index (Phi) is 2.28. The summed E-state index contributed by atoms with van der Waals surface area (Å²) in [5, 5.41) is 0.483. The summed E-state index contributed by atoms with van der Waals surface area (Å²) in [7, 11) is 0. The first-order valence-electron chi connectivity index (χ1n) is 4.64. The first kappa shape index (κ1) is 9.86. The van der Waals surface area contributed by atoms with E-state index >= 15 is 0 Å². The summed E-state index contributed by atoms with van der Waals surface area (Å²) >= 11 is 0. The minimum Gasteiger partial charge on any atom is -0.360 e. The van der Waals surface area contributed by atoms with Crippen LogP contribution in [-0.2, 0) is 6.54 Å². The van der Waals surface area contributed by atoms with Crippen LogP contribution < -0.4 is 11.2 Å². The number of aromatic nitrogens is 1. The standard InChI is InChI=1S/C11H11FN2O/c1-6-9(12)3-2-8-10(6)14-5-7(4-13)11(8)15/h2-3,5H,4,13H2,1H3,(H,14,15). The second-order valence-corrected chi connectivity index (χ2v) is 3.44. The van der Waals surface area contributed by atoms with Crippen molar-refractivity contribution in [1.29, 1.82) is 0 Å². The van der Waals surface area contributed by atoms with E-state index in [-0.39, 0.29) is 17.8 Å². The highest BCUT2D eigenvalue weighted by molar-refractivity contribution is 5.82. The maximum atomic E-state index is 13.2. The lowest BCUT2D eigenvalue weighted by atomic mass is 10.1. The van der Waals surface area contributed by atoms with E-state index in [1.807, 2.05) is 0 Å². The number of halogens is 1. The molecule has 1 heterocycles. The third kappa shape index (κ3) is 1.43. The Hall–Kier alpha value is -1.68. The zero-order valence-corrected chi connectivity index (χ0v) is 8.30. The molecule has 4 heteroatoms. The lowest BCUT2D eigenvalue weighted by Crippen LogP contribution is -2.14. The highest BCUT2D eigenvalue weighted by Gasteiger charge is 2.08. The molecule has 2 aromatic rings. The van der Waals surface area contributed by atoms with E-state index < -0.39 is 0 Å². The number of fused-ring (bicyclic) bond motifs is 1. The molecule has 0 radical (unpaired) electrons. The summed E-state index contributed by atoms with van der Waals surface area (Å²) in [6.07, 6.45) is 1.54. The summed E-state index contributed by atoms with van der Waals surface area (Å²) in [6, 6.07) is 2.78. The van der Waals surface area contributed by atoms with Gasteiger partial charge >= 0.3 is 0 Å². The molecule has 0 fully saturated rings. The average Bonchev–Trinajstić information content (AvgIpc) is 2.24. The Morgan fingerprint density at radius 3 is 2.87 bits per heavy atom. The molecule has 15 heavy (non-hydrogen) atoms. The van der Waals surface area contributed by atoms with Crippen LogP contribution in [0, 0.1) is 12.7 Å². The lowest BCUT2D eigenvalue weighted by Gasteiger charge is -2.04. The predicted molar refractivity (Wildman–Crippen MR) is 57.2 cm³/mol. The topological polar surface area (TPSA) is 58.9 Å². The molecule has 3 nitrogen and oxygen atoms in total. The van der Waals surface area contributed by atoms with Gasteiger partial charge in [0, 0.05) is 29.3 Å². The van der Waals surface area contributed by atoms with Crippen LogP contribution in [0.25, 0.3) is 10.9 Å². The first-order chi connectivity index (χ1) is 7.15. The van der Waals surface area contributed by atoms with Crippen LogP contribution in [0.5, 0.6) is 0 Å². The number of aryl methyl sites for hydroxylation is 1. The molecule has 0 aliphatic heterocycles. The van der Waals surface area contributed by atoms with Gasteiger partial charge in [-0.05, 0) is 19.1 Å². The minimum atomic E-state index is -0.321. The third-order valence-electron chi connectivity index (χ3n) is 2.55. The number of nitrogens with one attached hydrogen (secondary N) is 1. The number of H-pyrrole nitrogens is 1. The summed E-state index contributed by atoms with van der Waals surface area (Å²) in [5.41, 5.74) is 6.78. The minimum absolute atomic E-state index is 0.130. The van der Waals surface area contributed by atoms with Gasteiger partial charge in [0.05, 0.1) is 5.52 Å². The molecule has 78 valence electrons. The molecule has 0 atom stereocenters. The second kappa shape index (κ2) is 3.47. The molecule has 0 amide bonds. The quantitative estimate of drug-likeness (QED) is 0.741. The van der Waals surface area contributed by atoms with E-state index in [1.165, 1.54) is 18.3 Å². The van der Waals surface area contributed by atoms with Crippen molar-refractivity contribution in [3.8, 4) is 0 Å². The molecule has 0 aliphatic rings. The molecule has 3 N–H and O–H groups in total. The molecule has 1 aromatic heterocycles. The van der Waals surface area contributed by atoms with Gasteiger partial charge in [0.25, 0.3) is 0 Å². The number of pyridine rings is 1. The van der Waals surface area contributed by atoms with Crippen LogP contribution in [0.2, 0.25) is 0 Å². The van der Waals surface area contributed by atoms with E-state index in [1.54, 1.807) is 6.92 Å². The maximum Gasteiger partial charge on any atom is 0.193 e. The van der Waals surface area contributed by atoms with Crippen molar-refractivity contribution in [3.05, 3.63) is 45.5 Å². The van der Waals surface area contributed by atoms with Crippen LogP contribution in [0.1, 0.15) is 11.1 Å². The van der Waals surface area contributed by atoms with Gasteiger partial charge in [0.1, 0.15) is 5.82 Å². The van der Waals surface area contributed by atoms with Gasteiger partial charge in [0.2, 0.25) is 0 Å². The van der Waals surface area contributed by atoms with Gasteiger partial charge < -0.3 is 10.7 Å². The molecule has 2 rings (SSSR count). The molecular formula is C11H11FN2O. The van der Waals surface area contributed by atoms with Gasteiger partial charge in [-0.25, -0.2) is 4.39 Å². The Morgan fingerprint density at radius 1 is 1.47 bits per heavy atom. The molecular weight excluding hydrogens is 195 g/mol. The zero-order valence-electron chi connectivity index (χ0n) is 8.30. The summed E-state index contributed by atoms with van der Waals surface area (Å²) < 4.78 is 13.2. The first-order valence-corrected chi connectivity index (χ1v) is 4.64. The Morgan fingerprint density at radius 2 is 2.20 bits per heavy atom. The number of hydrogen-bond donors (Lipinski definition) is 2. The van der Waals surface area contributed by atoms with E-state index in [0.717, 1.165) is 0 Å². The molecule has 0 saturated heterocycles. The third-order valence-corrected chi connectivity index (χ3v) is 2.55. The van der Waals surface area contributed by atoms with Crippen molar-refractivity contribution in [1.82, 2.24) is 4.98 Å². The van der Waals surface area contributed by atoms with E-state index in [4.69, 9.17) is 5.73 Å². The molecule has 0 unspecified atom stereocenters.